The summed E-state index contributed by atoms with van der Waals surface area (Å²) in [4.78, 5) is 20.2. The molecule has 1 aliphatic rings. The number of carbonyl (C=O) groups is 1. The summed E-state index contributed by atoms with van der Waals surface area (Å²) in [6.07, 6.45) is 3.68. The summed E-state index contributed by atoms with van der Waals surface area (Å²) < 4.78 is 13.5. The van der Waals surface area contributed by atoms with Crippen molar-refractivity contribution in [3.8, 4) is 0 Å². The van der Waals surface area contributed by atoms with Gasteiger partial charge in [-0.05, 0) is 30.2 Å². The third-order valence-corrected chi connectivity index (χ3v) is 4.34. The molecule has 1 aliphatic heterocycles. The Morgan fingerprint density at radius 3 is 3.10 bits per heavy atom. The van der Waals surface area contributed by atoms with Gasteiger partial charge in [-0.1, -0.05) is 0 Å². The van der Waals surface area contributed by atoms with Gasteiger partial charge in [0, 0.05) is 10.6 Å². The molecule has 3 rings (SSSR count). The number of benzene rings is 1. The number of aromatic nitrogens is 2. The lowest BCUT2D eigenvalue weighted by atomic mass is 10.0. The van der Waals surface area contributed by atoms with Gasteiger partial charge in [-0.3, -0.25) is 9.78 Å². The monoisotopic (exact) mass is 304 g/mol. The maximum atomic E-state index is 13.5. The summed E-state index contributed by atoms with van der Waals surface area (Å²) in [5.41, 5.74) is 6.19. The van der Waals surface area contributed by atoms with Gasteiger partial charge in [-0.2, -0.15) is 0 Å². The van der Waals surface area contributed by atoms with E-state index in [1.54, 1.807) is 17.8 Å². The van der Waals surface area contributed by atoms with Crippen molar-refractivity contribution in [2.75, 3.05) is 11.1 Å². The number of nitrogens with zero attached hydrogens (tertiary/aromatic N) is 2. The molecule has 7 heteroatoms. The van der Waals surface area contributed by atoms with Gasteiger partial charge < -0.3 is 11.1 Å². The first-order valence-corrected chi connectivity index (χ1v) is 7.42. The van der Waals surface area contributed by atoms with Gasteiger partial charge in [0.05, 0.1) is 18.4 Å². The Bertz CT molecular complexity index is 694. The maximum absolute atomic E-state index is 13.5. The summed E-state index contributed by atoms with van der Waals surface area (Å²) in [5, 5.41) is 3.20. The van der Waals surface area contributed by atoms with Crippen LogP contribution >= 0.6 is 11.8 Å². The molecule has 0 bridgehead atoms. The molecule has 2 heterocycles. The molecule has 108 valence electrons. The van der Waals surface area contributed by atoms with E-state index < -0.39 is 5.91 Å². The zero-order valence-electron chi connectivity index (χ0n) is 11.0. The molecule has 0 radical (unpaired) electrons. The Hall–Kier alpha value is -2.15. The lowest BCUT2D eigenvalue weighted by Gasteiger charge is -2.26. The number of anilines is 1. The van der Waals surface area contributed by atoms with Crippen LogP contribution in [0.5, 0.6) is 0 Å². The number of primary amides is 1. The van der Waals surface area contributed by atoms with Crippen LogP contribution in [0.4, 0.5) is 10.2 Å². The highest BCUT2D eigenvalue weighted by molar-refractivity contribution is 7.99. The van der Waals surface area contributed by atoms with Gasteiger partial charge >= 0.3 is 0 Å². The molecule has 0 fully saturated rings. The fourth-order valence-electron chi connectivity index (χ4n) is 2.25. The van der Waals surface area contributed by atoms with Crippen LogP contribution in [0.25, 0.3) is 0 Å². The number of hydrogen-bond donors (Lipinski definition) is 2. The molecule has 2 aromatic rings. The van der Waals surface area contributed by atoms with E-state index in [9.17, 15) is 9.18 Å². The highest BCUT2D eigenvalue weighted by Crippen LogP contribution is 2.37. The number of rotatable bonds is 3. The second-order valence-corrected chi connectivity index (χ2v) is 5.81. The summed E-state index contributed by atoms with van der Waals surface area (Å²) in [5.74, 6) is 0.495. The first-order chi connectivity index (χ1) is 10.1. The second kappa shape index (κ2) is 5.69. The lowest BCUT2D eigenvalue weighted by molar-refractivity contribution is 0.0995. The van der Waals surface area contributed by atoms with Crippen LogP contribution in [0.15, 0.2) is 35.5 Å². The quantitative estimate of drug-likeness (QED) is 0.910. The van der Waals surface area contributed by atoms with Crippen LogP contribution < -0.4 is 11.1 Å². The third-order valence-electron chi connectivity index (χ3n) is 3.22. The Labute approximate surface area is 125 Å². The highest BCUT2D eigenvalue weighted by atomic mass is 32.2. The smallest absolute Gasteiger partial charge is 0.268 e. The minimum absolute atomic E-state index is 0.0608. The summed E-state index contributed by atoms with van der Waals surface area (Å²) in [6, 6.07) is 4.72. The maximum Gasteiger partial charge on any atom is 0.268 e. The molecule has 1 unspecified atom stereocenters. The van der Waals surface area contributed by atoms with Crippen molar-refractivity contribution in [3.05, 3.63) is 47.7 Å². The van der Waals surface area contributed by atoms with Crippen molar-refractivity contribution in [2.45, 2.75) is 17.4 Å². The van der Waals surface area contributed by atoms with Crippen LogP contribution in [-0.2, 0) is 0 Å². The zero-order chi connectivity index (χ0) is 14.8. The minimum Gasteiger partial charge on any atom is -0.364 e. The van der Waals surface area contributed by atoms with E-state index in [0.29, 0.717) is 5.82 Å². The SMILES string of the molecule is NC(=O)c1cncc(NC2CCSc3ccc(F)cc32)n1. The molecule has 5 nitrogen and oxygen atoms in total. The highest BCUT2D eigenvalue weighted by Gasteiger charge is 2.21. The lowest BCUT2D eigenvalue weighted by Crippen LogP contribution is -2.19. The van der Waals surface area contributed by atoms with Gasteiger partial charge in [0.15, 0.2) is 0 Å². The number of nitrogens with one attached hydrogen (secondary N) is 1. The van der Waals surface area contributed by atoms with E-state index in [2.05, 4.69) is 15.3 Å². The van der Waals surface area contributed by atoms with E-state index in [0.717, 1.165) is 22.6 Å². The molecule has 0 saturated carbocycles. The first-order valence-electron chi connectivity index (χ1n) is 6.44. The molecule has 1 aromatic carbocycles. The van der Waals surface area contributed by atoms with Crippen LogP contribution in [0.2, 0.25) is 0 Å². The van der Waals surface area contributed by atoms with Crippen molar-refractivity contribution in [3.63, 3.8) is 0 Å². The van der Waals surface area contributed by atoms with Crippen molar-refractivity contribution in [2.24, 2.45) is 5.73 Å². The number of thioether (sulfide) groups is 1. The Balaban J connectivity index is 1.88. The fraction of sp³-hybridized carbons (Fsp3) is 0.214. The number of fused-ring (bicyclic) bond motifs is 1. The molecular formula is C14H13FN4OS. The van der Waals surface area contributed by atoms with E-state index in [4.69, 9.17) is 5.73 Å². The second-order valence-electron chi connectivity index (χ2n) is 4.67. The number of halogens is 1. The van der Waals surface area contributed by atoms with Gasteiger partial charge in [-0.25, -0.2) is 9.37 Å². The summed E-state index contributed by atoms with van der Waals surface area (Å²) >= 11 is 1.70. The first kappa shape index (κ1) is 13.8. The van der Waals surface area contributed by atoms with Gasteiger partial charge in [0.1, 0.15) is 17.3 Å². The third kappa shape index (κ3) is 2.97. The standard InChI is InChI=1S/C14H13FN4OS/c15-8-1-2-12-9(5-8)10(3-4-21-12)18-13-7-17-6-11(19-13)14(16)20/h1-2,5-7,10H,3-4H2,(H2,16,20)(H,18,19). The van der Waals surface area contributed by atoms with Gasteiger partial charge in [-0.15, -0.1) is 11.8 Å². The topological polar surface area (TPSA) is 80.9 Å². The van der Waals surface area contributed by atoms with Crippen LogP contribution in [-0.4, -0.2) is 21.6 Å². The fourth-order valence-corrected chi connectivity index (χ4v) is 3.35. The zero-order valence-corrected chi connectivity index (χ0v) is 11.9. The normalized spacial score (nSPS) is 17.1. The molecule has 0 aliphatic carbocycles. The van der Waals surface area contributed by atoms with Crippen molar-refractivity contribution in [1.29, 1.82) is 0 Å². The molecule has 1 amide bonds. The molecule has 1 atom stereocenters. The van der Waals surface area contributed by atoms with Crippen molar-refractivity contribution in [1.82, 2.24) is 9.97 Å². The van der Waals surface area contributed by atoms with Gasteiger partial charge in [0.25, 0.3) is 5.91 Å². The van der Waals surface area contributed by atoms with Crippen LogP contribution in [0.1, 0.15) is 28.5 Å². The average Bonchev–Trinajstić information content (AvgIpc) is 2.48. The predicted octanol–water partition coefficient (Wildman–Crippen LogP) is 2.36. The van der Waals surface area contributed by atoms with E-state index in [1.807, 2.05) is 0 Å². The molecule has 3 N–H and O–H groups in total. The predicted molar refractivity (Wildman–Crippen MR) is 78.7 cm³/mol. The number of hydrogen-bond acceptors (Lipinski definition) is 5. The summed E-state index contributed by atoms with van der Waals surface area (Å²) in [7, 11) is 0. The van der Waals surface area contributed by atoms with Crippen LogP contribution in [0.3, 0.4) is 0 Å². The van der Waals surface area contributed by atoms with Crippen LogP contribution in [0, 0.1) is 5.82 Å². The molecule has 0 spiro atoms. The largest absolute Gasteiger partial charge is 0.364 e. The van der Waals surface area contributed by atoms with Crippen molar-refractivity contribution < 1.29 is 9.18 Å². The minimum atomic E-state index is -0.628. The van der Waals surface area contributed by atoms with E-state index in [1.165, 1.54) is 24.5 Å². The summed E-state index contributed by atoms with van der Waals surface area (Å²) in [6.45, 7) is 0. The Morgan fingerprint density at radius 2 is 2.29 bits per heavy atom. The number of carbonyl (C=O) groups excluding carboxylic acids is 1. The van der Waals surface area contributed by atoms with Crippen molar-refractivity contribution >= 4 is 23.5 Å². The molecular weight excluding hydrogens is 291 g/mol. The van der Waals surface area contributed by atoms with Gasteiger partial charge in [0.2, 0.25) is 0 Å². The average molecular weight is 304 g/mol. The van der Waals surface area contributed by atoms with E-state index >= 15 is 0 Å². The molecule has 1 aromatic heterocycles. The number of amides is 1. The molecule has 0 saturated heterocycles. The molecule has 21 heavy (non-hydrogen) atoms. The Morgan fingerprint density at radius 1 is 1.43 bits per heavy atom. The number of nitrogens with two attached hydrogens (primary N) is 1. The Kier molecular flexibility index (Phi) is 3.74. The van der Waals surface area contributed by atoms with E-state index in [-0.39, 0.29) is 17.6 Å².